The van der Waals surface area contributed by atoms with Crippen molar-refractivity contribution in [3.05, 3.63) is 33.8 Å². The second kappa shape index (κ2) is 6.08. The van der Waals surface area contributed by atoms with Gasteiger partial charge in [-0.15, -0.1) is 0 Å². The smallest absolute Gasteiger partial charge is 0.0454 e. The minimum absolute atomic E-state index is 0.344. The first kappa shape index (κ1) is 13.2. The first-order valence-corrected chi connectivity index (χ1v) is 7.14. The molecule has 1 fully saturated rings. The van der Waals surface area contributed by atoms with Crippen molar-refractivity contribution in [3.8, 4) is 0 Å². The van der Waals surface area contributed by atoms with Crippen LogP contribution in [0.25, 0.3) is 0 Å². The summed E-state index contributed by atoms with van der Waals surface area (Å²) >= 11 is 12.3. The average molecular weight is 272 g/mol. The summed E-state index contributed by atoms with van der Waals surface area (Å²) in [5.41, 5.74) is 1.15. The van der Waals surface area contributed by atoms with Crippen molar-refractivity contribution < 1.29 is 0 Å². The van der Waals surface area contributed by atoms with E-state index in [1.54, 1.807) is 0 Å². The highest BCUT2D eigenvalue weighted by atomic mass is 35.5. The molecule has 1 aliphatic carbocycles. The molecule has 1 saturated carbocycles. The van der Waals surface area contributed by atoms with Crippen molar-refractivity contribution in [1.29, 1.82) is 0 Å². The van der Waals surface area contributed by atoms with Crippen LogP contribution in [0, 0.1) is 5.92 Å². The molecule has 17 heavy (non-hydrogen) atoms. The van der Waals surface area contributed by atoms with Crippen LogP contribution in [0.2, 0.25) is 10.0 Å². The lowest BCUT2D eigenvalue weighted by atomic mass is 9.79. The van der Waals surface area contributed by atoms with Crippen molar-refractivity contribution in [2.45, 2.75) is 38.6 Å². The summed E-state index contributed by atoms with van der Waals surface area (Å²) in [6.07, 6.45) is 5.28. The van der Waals surface area contributed by atoms with Crippen LogP contribution in [0.3, 0.4) is 0 Å². The molecule has 0 bridgehead atoms. The van der Waals surface area contributed by atoms with Crippen LogP contribution in [0.1, 0.15) is 44.2 Å². The minimum Gasteiger partial charge on any atom is -0.310 e. The van der Waals surface area contributed by atoms with E-state index in [-0.39, 0.29) is 0 Å². The molecule has 0 aromatic heterocycles. The summed E-state index contributed by atoms with van der Waals surface area (Å²) in [7, 11) is 0. The van der Waals surface area contributed by atoms with E-state index in [0.29, 0.717) is 6.04 Å². The number of hydrogen-bond donors (Lipinski definition) is 1. The second-order valence-corrected chi connectivity index (χ2v) is 5.65. The average Bonchev–Trinajstić information content (AvgIpc) is 2.25. The molecule has 1 nitrogen and oxygen atoms in total. The molecule has 0 heterocycles. The molecule has 0 saturated heterocycles. The zero-order valence-corrected chi connectivity index (χ0v) is 11.7. The number of nitrogens with one attached hydrogen (secondary N) is 1. The van der Waals surface area contributed by atoms with Gasteiger partial charge in [-0.1, -0.05) is 49.4 Å². The summed E-state index contributed by atoms with van der Waals surface area (Å²) in [5, 5.41) is 5.11. The predicted octanol–water partition coefficient (Wildman–Crippen LogP) is 4.83. The molecule has 0 amide bonds. The topological polar surface area (TPSA) is 12.0 Å². The zero-order chi connectivity index (χ0) is 12.3. The Kier molecular flexibility index (Phi) is 4.72. The molecule has 0 spiro atoms. The third-order valence-electron chi connectivity index (χ3n) is 3.58. The second-order valence-electron chi connectivity index (χ2n) is 4.81. The normalized spacial score (nSPS) is 17.8. The van der Waals surface area contributed by atoms with Gasteiger partial charge in [0.05, 0.1) is 0 Å². The number of rotatable bonds is 5. The highest BCUT2D eigenvalue weighted by molar-refractivity contribution is 6.33. The molecule has 3 heteroatoms. The molecule has 1 aromatic carbocycles. The Balaban J connectivity index is 2.14. The van der Waals surface area contributed by atoms with E-state index in [1.165, 1.54) is 25.7 Å². The van der Waals surface area contributed by atoms with Gasteiger partial charge in [-0.2, -0.15) is 0 Å². The molecule has 0 radical (unpaired) electrons. The van der Waals surface area contributed by atoms with Gasteiger partial charge in [-0.3, -0.25) is 0 Å². The van der Waals surface area contributed by atoms with Crippen molar-refractivity contribution in [2.75, 3.05) is 6.54 Å². The van der Waals surface area contributed by atoms with E-state index in [0.717, 1.165) is 28.1 Å². The van der Waals surface area contributed by atoms with E-state index >= 15 is 0 Å². The molecule has 94 valence electrons. The van der Waals surface area contributed by atoms with Gasteiger partial charge in [0.1, 0.15) is 0 Å². The van der Waals surface area contributed by atoms with E-state index in [4.69, 9.17) is 23.2 Å². The van der Waals surface area contributed by atoms with Crippen LogP contribution < -0.4 is 5.32 Å². The van der Waals surface area contributed by atoms with Gasteiger partial charge in [-0.25, -0.2) is 0 Å². The highest BCUT2D eigenvalue weighted by Gasteiger charge is 2.23. The van der Waals surface area contributed by atoms with Crippen molar-refractivity contribution in [2.24, 2.45) is 5.92 Å². The number of halogens is 2. The molecular formula is C14H19Cl2N. The fourth-order valence-electron chi connectivity index (χ4n) is 2.41. The Bertz CT molecular complexity index is 374. The Morgan fingerprint density at radius 2 is 2.12 bits per heavy atom. The standard InChI is InChI=1S/C14H19Cl2N/c1-2-17-14(8-10-4-3-5-10)12-9-11(15)6-7-13(12)16/h6-7,9-10,14,17H,2-5,8H2,1H3. The molecular weight excluding hydrogens is 253 g/mol. The van der Waals surface area contributed by atoms with Gasteiger partial charge in [0.2, 0.25) is 0 Å². The zero-order valence-electron chi connectivity index (χ0n) is 10.2. The van der Waals surface area contributed by atoms with Crippen LogP contribution in [-0.2, 0) is 0 Å². The third-order valence-corrected chi connectivity index (χ3v) is 4.16. The SMILES string of the molecule is CCNC(CC1CCC1)c1cc(Cl)ccc1Cl. The largest absolute Gasteiger partial charge is 0.310 e. The lowest BCUT2D eigenvalue weighted by molar-refractivity contribution is 0.262. The van der Waals surface area contributed by atoms with Gasteiger partial charge in [0.25, 0.3) is 0 Å². The predicted molar refractivity (Wildman–Crippen MR) is 74.8 cm³/mol. The lowest BCUT2D eigenvalue weighted by Gasteiger charge is -2.30. The van der Waals surface area contributed by atoms with Crippen molar-refractivity contribution >= 4 is 23.2 Å². The summed E-state index contributed by atoms with van der Waals surface area (Å²) < 4.78 is 0. The monoisotopic (exact) mass is 271 g/mol. The Hall–Kier alpha value is -0.240. The molecule has 2 rings (SSSR count). The molecule has 0 aliphatic heterocycles. The van der Waals surface area contributed by atoms with Gasteiger partial charge >= 0.3 is 0 Å². The Labute approximate surface area is 114 Å². The van der Waals surface area contributed by atoms with Gasteiger partial charge in [0, 0.05) is 16.1 Å². The molecule has 1 unspecified atom stereocenters. The first-order valence-electron chi connectivity index (χ1n) is 6.39. The first-order chi connectivity index (χ1) is 8.20. The van der Waals surface area contributed by atoms with E-state index < -0.39 is 0 Å². The van der Waals surface area contributed by atoms with Crippen LogP contribution >= 0.6 is 23.2 Å². The minimum atomic E-state index is 0.344. The van der Waals surface area contributed by atoms with E-state index in [1.807, 2.05) is 18.2 Å². The van der Waals surface area contributed by atoms with E-state index in [9.17, 15) is 0 Å². The van der Waals surface area contributed by atoms with E-state index in [2.05, 4.69) is 12.2 Å². The molecule has 1 aromatic rings. The lowest BCUT2D eigenvalue weighted by Crippen LogP contribution is -2.26. The fraction of sp³-hybridized carbons (Fsp3) is 0.571. The Morgan fingerprint density at radius 3 is 2.71 bits per heavy atom. The highest BCUT2D eigenvalue weighted by Crippen LogP contribution is 2.37. The maximum atomic E-state index is 6.27. The number of benzene rings is 1. The van der Waals surface area contributed by atoms with Crippen LogP contribution in [-0.4, -0.2) is 6.54 Å². The summed E-state index contributed by atoms with van der Waals surface area (Å²) in [6.45, 7) is 3.09. The number of hydrogen-bond acceptors (Lipinski definition) is 1. The molecule has 1 atom stereocenters. The molecule has 1 aliphatic rings. The van der Waals surface area contributed by atoms with Crippen molar-refractivity contribution in [3.63, 3.8) is 0 Å². The van der Waals surface area contributed by atoms with Crippen molar-refractivity contribution in [1.82, 2.24) is 5.32 Å². The Morgan fingerprint density at radius 1 is 1.35 bits per heavy atom. The van der Waals surface area contributed by atoms with Crippen LogP contribution in [0.5, 0.6) is 0 Å². The summed E-state index contributed by atoms with van der Waals surface area (Å²) in [4.78, 5) is 0. The van der Waals surface area contributed by atoms with Crippen LogP contribution in [0.4, 0.5) is 0 Å². The maximum Gasteiger partial charge on any atom is 0.0454 e. The fourth-order valence-corrected chi connectivity index (χ4v) is 2.84. The van der Waals surface area contributed by atoms with Gasteiger partial charge in [-0.05, 0) is 42.6 Å². The maximum absolute atomic E-state index is 6.27. The van der Waals surface area contributed by atoms with Gasteiger partial charge < -0.3 is 5.32 Å². The quantitative estimate of drug-likeness (QED) is 0.809. The summed E-state index contributed by atoms with van der Waals surface area (Å²) in [6, 6.07) is 6.08. The summed E-state index contributed by atoms with van der Waals surface area (Å²) in [5.74, 6) is 0.856. The van der Waals surface area contributed by atoms with Crippen LogP contribution in [0.15, 0.2) is 18.2 Å². The van der Waals surface area contributed by atoms with Gasteiger partial charge in [0.15, 0.2) is 0 Å². The third kappa shape index (κ3) is 3.37. The molecule has 1 N–H and O–H groups in total.